The molecule has 1 aliphatic heterocycles. The van der Waals surface area contributed by atoms with Crippen LogP contribution in [0.3, 0.4) is 0 Å². The average Bonchev–Trinajstić information content (AvgIpc) is 2.46. The van der Waals surface area contributed by atoms with Crippen molar-refractivity contribution in [2.75, 3.05) is 6.61 Å². The predicted molar refractivity (Wildman–Crippen MR) is 65.2 cm³/mol. The van der Waals surface area contributed by atoms with Gasteiger partial charge in [-0.2, -0.15) is 0 Å². The zero-order valence-corrected chi connectivity index (χ0v) is 11.2. The van der Waals surface area contributed by atoms with Gasteiger partial charge in [0.25, 0.3) is 0 Å². The van der Waals surface area contributed by atoms with E-state index in [4.69, 9.17) is 4.74 Å². The second-order valence-electron chi connectivity index (χ2n) is 5.97. The summed E-state index contributed by atoms with van der Waals surface area (Å²) in [5.41, 5.74) is 0.611. The molecular weight excluding hydrogens is 208 g/mol. The van der Waals surface area contributed by atoms with E-state index in [1.54, 1.807) is 0 Å². The van der Waals surface area contributed by atoms with E-state index in [0.717, 1.165) is 12.8 Å². The number of hydrogen-bond acceptors (Lipinski definition) is 3. The van der Waals surface area contributed by atoms with Crippen LogP contribution in [-0.4, -0.2) is 17.2 Å². The summed E-state index contributed by atoms with van der Waals surface area (Å²) in [6.07, 6.45) is 2.21. The quantitative estimate of drug-likeness (QED) is 0.683. The molecule has 0 radical (unpaired) electrons. The van der Waals surface area contributed by atoms with Crippen molar-refractivity contribution in [2.45, 2.75) is 52.7 Å². The Labute approximate surface area is 97.1 Å². The summed E-state index contributed by atoms with van der Waals surface area (Å²) in [7, 11) is 0. The van der Waals surface area contributed by atoms with E-state index in [2.05, 4.69) is 34.6 Å². The van der Waals surface area contributed by atoms with Gasteiger partial charge in [-0.05, 0) is 35.4 Å². The Morgan fingerprint density at radius 2 is 1.93 bits per heavy atom. The molecule has 0 aromatic rings. The first-order chi connectivity index (χ1) is 6.72. The second kappa shape index (κ2) is 4.36. The van der Waals surface area contributed by atoms with Gasteiger partial charge in [0.1, 0.15) is 6.61 Å². The Morgan fingerprint density at radius 1 is 1.33 bits per heavy atom. The lowest BCUT2D eigenvalue weighted by molar-refractivity contribution is 0.114. The second-order valence-corrected chi connectivity index (χ2v) is 7.21. The number of ether oxygens (including phenoxy) is 1. The fourth-order valence-electron chi connectivity index (χ4n) is 1.40. The highest BCUT2D eigenvalue weighted by Crippen LogP contribution is 2.43. The third-order valence-corrected chi connectivity index (χ3v) is 4.79. The van der Waals surface area contributed by atoms with Gasteiger partial charge in [0.05, 0.1) is 5.25 Å². The summed E-state index contributed by atoms with van der Waals surface area (Å²) in [5.74, 6) is 0. The maximum Gasteiger partial charge on any atom is 0.367 e. The van der Waals surface area contributed by atoms with Crippen LogP contribution in [0.25, 0.3) is 0 Å². The van der Waals surface area contributed by atoms with Gasteiger partial charge in [0, 0.05) is 0 Å². The number of carbonyl (C=O) groups excluding carboxylic acids is 1. The van der Waals surface area contributed by atoms with Crippen LogP contribution in [0.15, 0.2) is 0 Å². The molecule has 15 heavy (non-hydrogen) atoms. The standard InChI is InChI=1S/C12H22O2S/c1-11(2,3)12(4,5)7-6-9-8-14-10(13)15-9/h9H,6-8H2,1-5H3. The van der Waals surface area contributed by atoms with E-state index >= 15 is 0 Å². The third kappa shape index (κ3) is 3.40. The van der Waals surface area contributed by atoms with Crippen LogP contribution >= 0.6 is 11.8 Å². The molecule has 1 heterocycles. The Bertz CT molecular complexity index is 240. The monoisotopic (exact) mass is 230 g/mol. The summed E-state index contributed by atoms with van der Waals surface area (Å²) in [6.45, 7) is 12.0. The van der Waals surface area contributed by atoms with E-state index < -0.39 is 0 Å². The molecule has 2 nitrogen and oxygen atoms in total. The fraction of sp³-hybridized carbons (Fsp3) is 0.917. The first-order valence-corrected chi connectivity index (χ1v) is 6.44. The lowest BCUT2D eigenvalue weighted by Crippen LogP contribution is -2.30. The third-order valence-electron chi connectivity index (χ3n) is 3.77. The number of cyclic esters (lactones) is 1. The number of thioether (sulfide) groups is 1. The van der Waals surface area contributed by atoms with Crippen molar-refractivity contribution < 1.29 is 9.53 Å². The predicted octanol–water partition coefficient (Wildman–Crippen LogP) is 4.09. The first kappa shape index (κ1) is 12.9. The van der Waals surface area contributed by atoms with Crippen molar-refractivity contribution in [3.8, 4) is 0 Å². The van der Waals surface area contributed by atoms with Crippen molar-refractivity contribution in [1.29, 1.82) is 0 Å². The van der Waals surface area contributed by atoms with Crippen LogP contribution in [0.1, 0.15) is 47.5 Å². The molecule has 0 amide bonds. The summed E-state index contributed by atoms with van der Waals surface area (Å²) < 4.78 is 4.94. The Morgan fingerprint density at radius 3 is 2.33 bits per heavy atom. The van der Waals surface area contributed by atoms with Crippen LogP contribution in [0.4, 0.5) is 4.79 Å². The molecule has 0 aliphatic carbocycles. The van der Waals surface area contributed by atoms with Crippen molar-refractivity contribution in [3.63, 3.8) is 0 Å². The van der Waals surface area contributed by atoms with Crippen LogP contribution in [0.5, 0.6) is 0 Å². The molecule has 1 atom stereocenters. The Balaban J connectivity index is 2.40. The van der Waals surface area contributed by atoms with Crippen molar-refractivity contribution in [1.82, 2.24) is 0 Å². The molecule has 1 rings (SSSR count). The lowest BCUT2D eigenvalue weighted by Gasteiger charge is -2.39. The summed E-state index contributed by atoms with van der Waals surface area (Å²) in [5, 5.41) is 0.271. The highest BCUT2D eigenvalue weighted by molar-refractivity contribution is 8.14. The highest BCUT2D eigenvalue weighted by atomic mass is 32.2. The van der Waals surface area contributed by atoms with Gasteiger partial charge in [-0.3, -0.25) is 0 Å². The van der Waals surface area contributed by atoms with Gasteiger partial charge in [0.15, 0.2) is 0 Å². The number of rotatable bonds is 3. The lowest BCUT2D eigenvalue weighted by atomic mass is 9.67. The number of hydrogen-bond donors (Lipinski definition) is 0. The first-order valence-electron chi connectivity index (χ1n) is 5.56. The minimum atomic E-state index is -0.103. The van der Waals surface area contributed by atoms with Crippen molar-refractivity contribution in [3.05, 3.63) is 0 Å². The van der Waals surface area contributed by atoms with Gasteiger partial charge in [-0.15, -0.1) is 0 Å². The highest BCUT2D eigenvalue weighted by Gasteiger charge is 2.34. The molecule has 0 aromatic carbocycles. The molecule has 0 aromatic heterocycles. The Hall–Kier alpha value is -0.180. The molecular formula is C12H22O2S. The summed E-state index contributed by atoms with van der Waals surface area (Å²) in [4.78, 5) is 10.9. The molecule has 1 aliphatic rings. The normalized spacial score (nSPS) is 23.0. The van der Waals surface area contributed by atoms with Gasteiger partial charge in [0.2, 0.25) is 0 Å². The van der Waals surface area contributed by atoms with Crippen LogP contribution in [0, 0.1) is 10.8 Å². The molecule has 0 N–H and O–H groups in total. The molecule has 1 fully saturated rings. The van der Waals surface area contributed by atoms with E-state index in [0.29, 0.717) is 22.7 Å². The van der Waals surface area contributed by atoms with E-state index in [1.165, 1.54) is 11.8 Å². The van der Waals surface area contributed by atoms with Crippen LogP contribution in [-0.2, 0) is 4.74 Å². The molecule has 1 unspecified atom stereocenters. The van der Waals surface area contributed by atoms with Gasteiger partial charge in [-0.25, -0.2) is 4.79 Å². The van der Waals surface area contributed by atoms with E-state index in [-0.39, 0.29) is 5.30 Å². The molecule has 88 valence electrons. The van der Waals surface area contributed by atoms with E-state index in [1.807, 2.05) is 0 Å². The minimum Gasteiger partial charge on any atom is -0.456 e. The SMILES string of the molecule is CC(C)(C)C(C)(C)CCC1COC(=O)S1. The van der Waals surface area contributed by atoms with Crippen LogP contribution in [0.2, 0.25) is 0 Å². The zero-order valence-electron chi connectivity index (χ0n) is 10.4. The smallest absolute Gasteiger partial charge is 0.367 e. The molecule has 0 spiro atoms. The van der Waals surface area contributed by atoms with E-state index in [9.17, 15) is 4.79 Å². The maximum atomic E-state index is 10.9. The molecule has 1 saturated heterocycles. The molecule has 3 heteroatoms. The average molecular weight is 230 g/mol. The number of carbonyl (C=O) groups is 1. The summed E-state index contributed by atoms with van der Waals surface area (Å²) in [6, 6.07) is 0. The van der Waals surface area contributed by atoms with Crippen molar-refractivity contribution in [2.24, 2.45) is 10.8 Å². The Kier molecular flexibility index (Phi) is 3.75. The van der Waals surface area contributed by atoms with Crippen molar-refractivity contribution >= 4 is 17.1 Å². The largest absolute Gasteiger partial charge is 0.456 e. The van der Waals surface area contributed by atoms with Gasteiger partial charge < -0.3 is 4.74 Å². The molecule has 0 bridgehead atoms. The topological polar surface area (TPSA) is 26.3 Å². The fourth-order valence-corrected chi connectivity index (χ4v) is 2.18. The minimum absolute atomic E-state index is 0.103. The van der Waals surface area contributed by atoms with Gasteiger partial charge >= 0.3 is 5.30 Å². The zero-order chi connectivity index (χ0) is 11.7. The maximum absolute atomic E-state index is 10.9. The molecule has 0 saturated carbocycles. The summed E-state index contributed by atoms with van der Waals surface area (Å²) >= 11 is 1.36. The van der Waals surface area contributed by atoms with Crippen LogP contribution < -0.4 is 0 Å². The van der Waals surface area contributed by atoms with Gasteiger partial charge in [-0.1, -0.05) is 34.6 Å².